The Bertz CT molecular complexity index is 859. The first-order chi connectivity index (χ1) is 28.5. The first-order valence-electron chi connectivity index (χ1n) is 26.0. The fraction of sp³-hybridized carbons (Fsp3) is 0.942. The summed E-state index contributed by atoms with van der Waals surface area (Å²) < 4.78 is 16.8. The molecule has 6 heteroatoms. The van der Waals surface area contributed by atoms with E-state index < -0.39 is 6.10 Å². The molecule has 0 aromatic carbocycles. The lowest BCUT2D eigenvalue weighted by Crippen LogP contribution is -2.30. The molecule has 0 spiro atoms. The van der Waals surface area contributed by atoms with E-state index in [1.807, 2.05) is 0 Å². The number of esters is 3. The Labute approximate surface area is 361 Å². The van der Waals surface area contributed by atoms with Crippen LogP contribution in [0.4, 0.5) is 0 Å². The molecule has 0 bridgehead atoms. The second-order valence-electron chi connectivity index (χ2n) is 17.8. The van der Waals surface area contributed by atoms with Crippen molar-refractivity contribution in [1.29, 1.82) is 0 Å². The molecule has 0 aliphatic carbocycles. The maximum absolute atomic E-state index is 12.7. The summed E-state index contributed by atoms with van der Waals surface area (Å²) in [6.07, 6.45) is 50.9. The Morgan fingerprint density at radius 1 is 0.276 bits per heavy atom. The summed E-state index contributed by atoms with van der Waals surface area (Å²) in [4.78, 5) is 37.8. The summed E-state index contributed by atoms with van der Waals surface area (Å²) in [7, 11) is 0. The van der Waals surface area contributed by atoms with Crippen molar-refractivity contribution >= 4 is 17.9 Å². The van der Waals surface area contributed by atoms with Crippen LogP contribution in [0.5, 0.6) is 0 Å². The number of unbranched alkanes of at least 4 members (excludes halogenated alkanes) is 37. The topological polar surface area (TPSA) is 78.9 Å². The van der Waals surface area contributed by atoms with Gasteiger partial charge in [-0.15, -0.1) is 0 Å². The molecule has 0 radical (unpaired) electrons. The van der Waals surface area contributed by atoms with E-state index in [1.165, 1.54) is 199 Å². The summed E-state index contributed by atoms with van der Waals surface area (Å²) in [5.74, 6) is -0.844. The van der Waals surface area contributed by atoms with Crippen LogP contribution in [0.15, 0.2) is 0 Å². The van der Waals surface area contributed by atoms with Crippen LogP contribution in [-0.2, 0) is 28.6 Å². The van der Waals surface area contributed by atoms with Gasteiger partial charge in [0.2, 0.25) is 0 Å². The molecule has 0 aliphatic heterocycles. The van der Waals surface area contributed by atoms with Crippen LogP contribution in [-0.4, -0.2) is 37.2 Å². The van der Waals surface area contributed by atoms with Crippen molar-refractivity contribution in [3.63, 3.8) is 0 Å². The molecule has 0 N–H and O–H groups in total. The molecule has 0 aromatic heterocycles. The van der Waals surface area contributed by atoms with Crippen LogP contribution in [0, 0.1) is 0 Å². The molecular formula is C52H100O6. The quantitative estimate of drug-likeness (QED) is 0.0346. The highest BCUT2D eigenvalue weighted by molar-refractivity contribution is 5.71. The van der Waals surface area contributed by atoms with Gasteiger partial charge in [-0.05, 0) is 19.3 Å². The molecule has 6 nitrogen and oxygen atoms in total. The highest BCUT2D eigenvalue weighted by atomic mass is 16.6. The minimum Gasteiger partial charge on any atom is -0.462 e. The predicted octanol–water partition coefficient (Wildman–Crippen LogP) is 16.8. The van der Waals surface area contributed by atoms with Crippen molar-refractivity contribution < 1.29 is 28.6 Å². The van der Waals surface area contributed by atoms with Crippen LogP contribution in [0.2, 0.25) is 0 Å². The molecule has 0 aliphatic rings. The smallest absolute Gasteiger partial charge is 0.306 e. The molecule has 58 heavy (non-hydrogen) atoms. The van der Waals surface area contributed by atoms with E-state index in [9.17, 15) is 14.4 Å². The number of rotatable bonds is 48. The Morgan fingerprint density at radius 3 is 0.690 bits per heavy atom. The lowest BCUT2D eigenvalue weighted by Gasteiger charge is -2.18. The zero-order valence-corrected chi connectivity index (χ0v) is 39.3. The van der Waals surface area contributed by atoms with Crippen molar-refractivity contribution in [3.8, 4) is 0 Å². The van der Waals surface area contributed by atoms with E-state index in [4.69, 9.17) is 14.2 Å². The van der Waals surface area contributed by atoms with E-state index in [2.05, 4.69) is 20.8 Å². The molecule has 0 aromatic rings. The first-order valence-corrected chi connectivity index (χ1v) is 26.0. The van der Waals surface area contributed by atoms with Gasteiger partial charge in [0.05, 0.1) is 0 Å². The molecule has 0 unspecified atom stereocenters. The normalized spacial score (nSPS) is 11.8. The Kier molecular flexibility index (Phi) is 46.8. The molecule has 0 saturated heterocycles. The Hall–Kier alpha value is -1.59. The second-order valence-corrected chi connectivity index (χ2v) is 17.8. The van der Waals surface area contributed by atoms with Crippen LogP contribution >= 0.6 is 0 Å². The molecule has 0 rings (SSSR count). The monoisotopic (exact) mass is 821 g/mol. The zero-order chi connectivity index (χ0) is 42.3. The molecule has 0 fully saturated rings. The molecule has 1 atom stereocenters. The molecule has 0 heterocycles. The summed E-state index contributed by atoms with van der Waals surface area (Å²) in [6.45, 7) is 6.66. The van der Waals surface area contributed by atoms with Crippen molar-refractivity contribution in [2.75, 3.05) is 13.2 Å². The van der Waals surface area contributed by atoms with Crippen LogP contribution in [0.3, 0.4) is 0 Å². The van der Waals surface area contributed by atoms with Crippen molar-refractivity contribution in [3.05, 3.63) is 0 Å². The van der Waals surface area contributed by atoms with Gasteiger partial charge in [-0.3, -0.25) is 14.4 Å². The van der Waals surface area contributed by atoms with Crippen LogP contribution in [0.1, 0.15) is 297 Å². The van der Waals surface area contributed by atoms with Crippen LogP contribution < -0.4 is 0 Å². The van der Waals surface area contributed by atoms with Crippen molar-refractivity contribution in [2.45, 2.75) is 303 Å². The van der Waals surface area contributed by atoms with E-state index in [0.29, 0.717) is 19.3 Å². The second kappa shape index (κ2) is 48.1. The van der Waals surface area contributed by atoms with E-state index in [-0.39, 0.29) is 31.1 Å². The Morgan fingerprint density at radius 2 is 0.466 bits per heavy atom. The summed E-state index contributed by atoms with van der Waals surface area (Å²) >= 11 is 0. The number of hydrogen-bond acceptors (Lipinski definition) is 6. The van der Waals surface area contributed by atoms with Crippen molar-refractivity contribution in [1.82, 2.24) is 0 Å². The molecular weight excluding hydrogens is 721 g/mol. The van der Waals surface area contributed by atoms with Crippen LogP contribution in [0.25, 0.3) is 0 Å². The third kappa shape index (κ3) is 45.5. The number of carbonyl (C=O) groups excluding carboxylic acids is 3. The lowest BCUT2D eigenvalue weighted by molar-refractivity contribution is -0.167. The van der Waals surface area contributed by atoms with Gasteiger partial charge in [-0.1, -0.05) is 258 Å². The fourth-order valence-electron chi connectivity index (χ4n) is 7.92. The minimum absolute atomic E-state index is 0.0620. The summed E-state index contributed by atoms with van der Waals surface area (Å²) in [6, 6.07) is 0. The van der Waals surface area contributed by atoms with Gasteiger partial charge in [0.25, 0.3) is 0 Å². The molecule has 344 valence electrons. The van der Waals surface area contributed by atoms with E-state index in [1.54, 1.807) is 0 Å². The standard InChI is InChI=1S/C52H100O6/c1-4-7-10-13-16-19-22-23-24-25-26-27-28-29-31-33-36-39-42-45-51(54)57-48-49(47-56-50(53)44-41-38-35-32-21-18-15-12-9-6-3)58-52(55)46-43-40-37-34-30-20-17-14-11-8-5-2/h49H,4-48H2,1-3H3/t49-/m0/s1. The van der Waals surface area contributed by atoms with Gasteiger partial charge in [-0.2, -0.15) is 0 Å². The van der Waals surface area contributed by atoms with E-state index in [0.717, 1.165) is 57.8 Å². The average molecular weight is 821 g/mol. The number of hydrogen-bond donors (Lipinski definition) is 0. The van der Waals surface area contributed by atoms with Gasteiger partial charge in [0.1, 0.15) is 13.2 Å². The predicted molar refractivity (Wildman–Crippen MR) is 247 cm³/mol. The summed E-state index contributed by atoms with van der Waals surface area (Å²) in [5, 5.41) is 0. The minimum atomic E-state index is -0.758. The molecule has 0 saturated carbocycles. The van der Waals surface area contributed by atoms with Gasteiger partial charge >= 0.3 is 17.9 Å². The number of carbonyl (C=O) groups is 3. The zero-order valence-electron chi connectivity index (χ0n) is 39.3. The highest BCUT2D eigenvalue weighted by Gasteiger charge is 2.19. The highest BCUT2D eigenvalue weighted by Crippen LogP contribution is 2.17. The lowest BCUT2D eigenvalue weighted by atomic mass is 10.0. The SMILES string of the molecule is CCCCCCCCCCCCCCCCCCCCCC(=O)OC[C@H](COC(=O)CCCCCCCCCCCC)OC(=O)CCCCCCCCCCCCC. The third-order valence-corrected chi connectivity index (χ3v) is 11.9. The average Bonchev–Trinajstić information content (AvgIpc) is 3.22. The maximum Gasteiger partial charge on any atom is 0.306 e. The Balaban J connectivity index is 4.20. The van der Waals surface area contributed by atoms with Gasteiger partial charge < -0.3 is 14.2 Å². The third-order valence-electron chi connectivity index (χ3n) is 11.9. The largest absolute Gasteiger partial charge is 0.462 e. The fourth-order valence-corrected chi connectivity index (χ4v) is 7.92. The first kappa shape index (κ1) is 56.4. The van der Waals surface area contributed by atoms with Gasteiger partial charge in [0, 0.05) is 19.3 Å². The molecule has 0 amide bonds. The van der Waals surface area contributed by atoms with Gasteiger partial charge in [-0.25, -0.2) is 0 Å². The van der Waals surface area contributed by atoms with E-state index >= 15 is 0 Å². The van der Waals surface area contributed by atoms with Gasteiger partial charge in [0.15, 0.2) is 6.10 Å². The summed E-state index contributed by atoms with van der Waals surface area (Å²) in [5.41, 5.74) is 0. The van der Waals surface area contributed by atoms with Crippen molar-refractivity contribution in [2.24, 2.45) is 0 Å². The maximum atomic E-state index is 12.7. The number of ether oxygens (including phenoxy) is 3.